The Hall–Kier alpha value is -1.32. The summed E-state index contributed by atoms with van der Waals surface area (Å²) in [6.07, 6.45) is 0. The van der Waals surface area contributed by atoms with Crippen LogP contribution in [0.3, 0.4) is 0 Å². The average Bonchev–Trinajstić information content (AvgIpc) is 2.83. The molecule has 2 aromatic rings. The number of hydrogen-bond donors (Lipinski definition) is 2. The van der Waals surface area contributed by atoms with Crippen molar-refractivity contribution in [1.82, 2.24) is 5.32 Å². The van der Waals surface area contributed by atoms with Gasteiger partial charge in [-0.2, -0.15) is 0 Å². The number of thiophene rings is 1. The highest BCUT2D eigenvalue weighted by Gasteiger charge is 2.07. The highest BCUT2D eigenvalue weighted by Crippen LogP contribution is 2.21. The smallest absolute Gasteiger partial charge is 0.120 e. The van der Waals surface area contributed by atoms with E-state index in [1.807, 2.05) is 19.1 Å². The summed E-state index contributed by atoms with van der Waals surface area (Å²) in [5, 5.41) is 15.2. The first-order valence-corrected chi connectivity index (χ1v) is 6.60. The molecule has 0 aliphatic rings. The highest BCUT2D eigenvalue weighted by atomic mass is 32.1. The van der Waals surface area contributed by atoms with E-state index in [1.165, 1.54) is 10.4 Å². The van der Waals surface area contributed by atoms with Crippen molar-refractivity contribution in [1.29, 1.82) is 0 Å². The number of nitrogens with one attached hydrogen (secondary N) is 1. The maximum atomic E-state index is 9.74. The van der Waals surface area contributed by atoms with E-state index in [0.29, 0.717) is 18.3 Å². The summed E-state index contributed by atoms with van der Waals surface area (Å²) in [6.45, 7) is 4.86. The Morgan fingerprint density at radius 1 is 1.35 bits per heavy atom. The van der Waals surface area contributed by atoms with Crippen molar-refractivity contribution < 1.29 is 5.11 Å². The molecule has 3 heteroatoms. The van der Waals surface area contributed by atoms with Crippen molar-refractivity contribution in [3.05, 3.63) is 51.7 Å². The van der Waals surface area contributed by atoms with Crippen LogP contribution < -0.4 is 5.32 Å². The van der Waals surface area contributed by atoms with Gasteiger partial charge in [-0.25, -0.2) is 0 Å². The molecule has 2 rings (SSSR count). The summed E-state index contributed by atoms with van der Waals surface area (Å²) in [7, 11) is 0. The second kappa shape index (κ2) is 5.34. The summed E-state index contributed by atoms with van der Waals surface area (Å²) >= 11 is 1.75. The molecule has 0 aliphatic heterocycles. The normalized spacial score (nSPS) is 12.6. The molecule has 17 heavy (non-hydrogen) atoms. The Bertz CT molecular complexity index is 479. The Labute approximate surface area is 106 Å². The van der Waals surface area contributed by atoms with Crippen LogP contribution in [0.1, 0.15) is 29.0 Å². The molecule has 2 nitrogen and oxygen atoms in total. The van der Waals surface area contributed by atoms with Crippen molar-refractivity contribution in [3.63, 3.8) is 0 Å². The number of aromatic hydroxyl groups is 1. The number of phenolic OH excluding ortho intramolecular Hbond substituents is 1. The fourth-order valence-electron chi connectivity index (χ4n) is 1.76. The molecule has 0 amide bonds. The minimum atomic E-state index is 0.315. The maximum absolute atomic E-state index is 9.74. The molecular formula is C14H17NOS. The molecule has 0 saturated carbocycles. The molecule has 1 aromatic carbocycles. The van der Waals surface area contributed by atoms with E-state index >= 15 is 0 Å². The average molecular weight is 247 g/mol. The van der Waals surface area contributed by atoms with Crippen LogP contribution in [-0.4, -0.2) is 5.11 Å². The van der Waals surface area contributed by atoms with Crippen molar-refractivity contribution in [3.8, 4) is 5.75 Å². The minimum absolute atomic E-state index is 0.315. The van der Waals surface area contributed by atoms with Crippen LogP contribution in [-0.2, 0) is 6.54 Å². The lowest BCUT2D eigenvalue weighted by atomic mass is 10.1. The van der Waals surface area contributed by atoms with E-state index in [2.05, 4.69) is 29.8 Å². The van der Waals surface area contributed by atoms with Crippen molar-refractivity contribution >= 4 is 11.3 Å². The predicted octanol–water partition coefficient (Wildman–Crippen LogP) is 3.61. The number of hydrogen-bond acceptors (Lipinski definition) is 3. The molecule has 2 N–H and O–H groups in total. The lowest BCUT2D eigenvalue weighted by Gasteiger charge is -2.13. The maximum Gasteiger partial charge on any atom is 0.120 e. The number of aryl methyl sites for hydroxylation is 1. The Morgan fingerprint density at radius 2 is 2.18 bits per heavy atom. The predicted molar refractivity (Wildman–Crippen MR) is 72.4 cm³/mol. The van der Waals surface area contributed by atoms with Crippen molar-refractivity contribution in [2.24, 2.45) is 0 Å². The third kappa shape index (κ3) is 3.08. The summed E-state index contributed by atoms with van der Waals surface area (Å²) in [4.78, 5) is 1.32. The molecule has 90 valence electrons. The number of rotatable bonds is 4. The third-order valence-corrected chi connectivity index (χ3v) is 3.86. The topological polar surface area (TPSA) is 32.3 Å². The van der Waals surface area contributed by atoms with Gasteiger partial charge in [0.15, 0.2) is 0 Å². The van der Waals surface area contributed by atoms with Crippen LogP contribution in [0.25, 0.3) is 0 Å². The van der Waals surface area contributed by atoms with E-state index in [1.54, 1.807) is 17.4 Å². The van der Waals surface area contributed by atoms with Gasteiger partial charge in [-0.05, 0) is 31.4 Å². The van der Waals surface area contributed by atoms with E-state index in [-0.39, 0.29) is 0 Å². The van der Waals surface area contributed by atoms with Gasteiger partial charge in [0.25, 0.3) is 0 Å². The van der Waals surface area contributed by atoms with Gasteiger partial charge in [0.05, 0.1) is 0 Å². The molecule has 1 atom stereocenters. The number of benzene rings is 1. The molecule has 1 heterocycles. The van der Waals surface area contributed by atoms with Crippen molar-refractivity contribution in [2.75, 3.05) is 0 Å². The highest BCUT2D eigenvalue weighted by molar-refractivity contribution is 7.10. The molecule has 0 radical (unpaired) electrons. The SMILES string of the molecule is Cc1ccc(O)c(CN[C@H](C)c2cccs2)c1. The Kier molecular flexibility index (Phi) is 3.82. The first kappa shape index (κ1) is 12.1. The Balaban J connectivity index is 2.00. The molecular weight excluding hydrogens is 230 g/mol. The van der Waals surface area contributed by atoms with Crippen LogP contribution in [0.4, 0.5) is 0 Å². The summed E-state index contributed by atoms with van der Waals surface area (Å²) in [6, 6.07) is 10.2. The molecule has 0 saturated heterocycles. The minimum Gasteiger partial charge on any atom is -0.508 e. The molecule has 1 aromatic heterocycles. The standard InChI is InChI=1S/C14H17NOS/c1-10-5-6-13(16)12(8-10)9-15-11(2)14-4-3-7-17-14/h3-8,11,15-16H,9H2,1-2H3/t11-/m1/s1. The second-order valence-electron chi connectivity index (χ2n) is 4.25. The largest absolute Gasteiger partial charge is 0.508 e. The summed E-state index contributed by atoms with van der Waals surface area (Å²) in [5.74, 6) is 0.362. The molecule has 0 unspecified atom stereocenters. The van der Waals surface area contributed by atoms with Crippen LogP contribution in [0.2, 0.25) is 0 Å². The van der Waals surface area contributed by atoms with E-state index in [9.17, 15) is 5.11 Å². The fraction of sp³-hybridized carbons (Fsp3) is 0.286. The van der Waals surface area contributed by atoms with Gasteiger partial charge >= 0.3 is 0 Å². The van der Waals surface area contributed by atoms with Crippen LogP contribution >= 0.6 is 11.3 Å². The monoisotopic (exact) mass is 247 g/mol. The summed E-state index contributed by atoms with van der Waals surface area (Å²) in [5.41, 5.74) is 2.12. The lowest BCUT2D eigenvalue weighted by molar-refractivity contribution is 0.460. The van der Waals surface area contributed by atoms with E-state index in [0.717, 1.165) is 5.56 Å². The van der Waals surface area contributed by atoms with E-state index in [4.69, 9.17) is 0 Å². The van der Waals surface area contributed by atoms with Gasteiger partial charge in [-0.3, -0.25) is 0 Å². The van der Waals surface area contributed by atoms with Crippen LogP contribution in [0.5, 0.6) is 5.75 Å². The number of phenols is 1. The first-order valence-electron chi connectivity index (χ1n) is 5.72. The lowest BCUT2D eigenvalue weighted by Crippen LogP contribution is -2.17. The molecule has 0 fully saturated rings. The van der Waals surface area contributed by atoms with Gasteiger partial charge in [0.2, 0.25) is 0 Å². The zero-order valence-corrected chi connectivity index (χ0v) is 10.9. The third-order valence-electron chi connectivity index (χ3n) is 2.80. The van der Waals surface area contributed by atoms with Gasteiger partial charge < -0.3 is 10.4 Å². The second-order valence-corrected chi connectivity index (χ2v) is 5.23. The van der Waals surface area contributed by atoms with Crippen LogP contribution in [0, 0.1) is 6.92 Å². The van der Waals surface area contributed by atoms with Gasteiger partial charge in [0, 0.05) is 23.0 Å². The molecule has 0 spiro atoms. The molecule has 0 aliphatic carbocycles. The van der Waals surface area contributed by atoms with Gasteiger partial charge in [-0.15, -0.1) is 11.3 Å². The first-order chi connectivity index (χ1) is 8.16. The van der Waals surface area contributed by atoms with E-state index < -0.39 is 0 Å². The zero-order chi connectivity index (χ0) is 12.3. The summed E-state index contributed by atoms with van der Waals surface area (Å²) < 4.78 is 0. The Morgan fingerprint density at radius 3 is 2.88 bits per heavy atom. The molecule has 0 bridgehead atoms. The zero-order valence-electron chi connectivity index (χ0n) is 10.1. The van der Waals surface area contributed by atoms with Gasteiger partial charge in [-0.1, -0.05) is 23.8 Å². The van der Waals surface area contributed by atoms with Gasteiger partial charge in [0.1, 0.15) is 5.75 Å². The van der Waals surface area contributed by atoms with Crippen LogP contribution in [0.15, 0.2) is 35.7 Å². The quantitative estimate of drug-likeness (QED) is 0.865. The fourth-order valence-corrected chi connectivity index (χ4v) is 2.52. The van der Waals surface area contributed by atoms with Crippen molar-refractivity contribution in [2.45, 2.75) is 26.4 Å².